The van der Waals surface area contributed by atoms with E-state index in [0.29, 0.717) is 18.8 Å². The van der Waals surface area contributed by atoms with Crippen molar-refractivity contribution >= 4 is 17.5 Å². The zero-order chi connectivity index (χ0) is 18.9. The number of amides is 2. The van der Waals surface area contributed by atoms with Gasteiger partial charge in [-0.25, -0.2) is 0 Å². The number of carbonyl (C=O) groups is 2. The van der Waals surface area contributed by atoms with Gasteiger partial charge >= 0.3 is 0 Å². The van der Waals surface area contributed by atoms with Crippen LogP contribution in [0.25, 0.3) is 0 Å². The maximum Gasteiger partial charge on any atom is 0.226 e. The van der Waals surface area contributed by atoms with Gasteiger partial charge in [0.1, 0.15) is 11.5 Å². The van der Waals surface area contributed by atoms with Crippen LogP contribution < -0.4 is 14.8 Å². The molecule has 0 saturated heterocycles. The monoisotopic (exact) mass is 356 g/mol. The van der Waals surface area contributed by atoms with E-state index in [1.807, 2.05) is 24.3 Å². The largest absolute Gasteiger partial charge is 0.497 e. The molecule has 1 N–H and O–H groups in total. The third kappa shape index (κ3) is 5.51. The second-order valence-corrected chi connectivity index (χ2v) is 5.78. The van der Waals surface area contributed by atoms with Crippen molar-refractivity contribution in [2.45, 2.75) is 19.9 Å². The molecule has 0 heterocycles. The van der Waals surface area contributed by atoms with Crippen molar-refractivity contribution in [3.63, 3.8) is 0 Å². The van der Waals surface area contributed by atoms with Gasteiger partial charge in [0.15, 0.2) is 0 Å². The lowest BCUT2D eigenvalue weighted by Gasteiger charge is -2.22. The van der Waals surface area contributed by atoms with E-state index in [1.54, 1.807) is 43.4 Å². The number of ether oxygens (including phenoxy) is 2. The Labute approximate surface area is 153 Å². The van der Waals surface area contributed by atoms with Gasteiger partial charge in [-0.05, 0) is 30.3 Å². The van der Waals surface area contributed by atoms with E-state index in [9.17, 15) is 9.59 Å². The average molecular weight is 356 g/mol. The molecule has 2 rings (SSSR count). The smallest absolute Gasteiger partial charge is 0.226 e. The highest BCUT2D eigenvalue weighted by atomic mass is 16.5. The number of benzene rings is 2. The van der Waals surface area contributed by atoms with Crippen LogP contribution in [0.1, 0.15) is 18.9 Å². The fourth-order valence-electron chi connectivity index (χ4n) is 2.52. The van der Waals surface area contributed by atoms with Gasteiger partial charge in [0.2, 0.25) is 11.8 Å². The molecule has 2 aromatic carbocycles. The van der Waals surface area contributed by atoms with Crippen LogP contribution in [0, 0.1) is 0 Å². The second-order valence-electron chi connectivity index (χ2n) is 5.78. The summed E-state index contributed by atoms with van der Waals surface area (Å²) in [6.07, 6.45) is 0.209. The van der Waals surface area contributed by atoms with E-state index in [4.69, 9.17) is 9.47 Å². The fourth-order valence-corrected chi connectivity index (χ4v) is 2.52. The molecule has 0 atom stereocenters. The molecule has 0 aliphatic rings. The number of methoxy groups -OCH3 is 2. The molecule has 0 aliphatic heterocycles. The number of carbonyl (C=O) groups excluding carboxylic acids is 2. The van der Waals surface area contributed by atoms with E-state index < -0.39 is 0 Å². The number of hydrogen-bond acceptors (Lipinski definition) is 4. The molecule has 6 heteroatoms. The van der Waals surface area contributed by atoms with Gasteiger partial charge in [-0.3, -0.25) is 9.59 Å². The molecule has 0 unspecified atom stereocenters. The average Bonchev–Trinajstić information content (AvgIpc) is 2.65. The van der Waals surface area contributed by atoms with E-state index in [2.05, 4.69) is 5.32 Å². The van der Waals surface area contributed by atoms with Gasteiger partial charge in [-0.1, -0.05) is 18.2 Å². The van der Waals surface area contributed by atoms with Crippen LogP contribution in [0.4, 0.5) is 5.69 Å². The van der Waals surface area contributed by atoms with Gasteiger partial charge in [0.25, 0.3) is 0 Å². The summed E-state index contributed by atoms with van der Waals surface area (Å²) in [6.45, 7) is 2.22. The summed E-state index contributed by atoms with van der Waals surface area (Å²) in [6, 6.07) is 14.6. The van der Waals surface area contributed by atoms with Gasteiger partial charge in [0, 0.05) is 37.7 Å². The van der Waals surface area contributed by atoms with Crippen molar-refractivity contribution in [3.05, 3.63) is 54.1 Å². The molecular formula is C20H24N2O4. The minimum atomic E-state index is -0.151. The Bertz CT molecular complexity index is 744. The summed E-state index contributed by atoms with van der Waals surface area (Å²) in [5, 5.41) is 2.82. The lowest BCUT2D eigenvalue weighted by atomic mass is 10.2. The maximum atomic E-state index is 12.2. The van der Waals surface area contributed by atoms with Crippen molar-refractivity contribution < 1.29 is 19.1 Å². The van der Waals surface area contributed by atoms with Crippen LogP contribution in [0.5, 0.6) is 11.5 Å². The summed E-state index contributed by atoms with van der Waals surface area (Å²) in [4.78, 5) is 25.7. The molecule has 0 aromatic heterocycles. The standard InChI is InChI=1S/C20H24N2O4/c1-15(23)22(14-16-6-4-5-7-19(16)26-3)13-12-20(24)21-17-8-10-18(25-2)11-9-17/h4-11H,12-14H2,1-3H3,(H,21,24). The Hall–Kier alpha value is -3.02. The molecule has 6 nitrogen and oxygen atoms in total. The fraction of sp³-hybridized carbons (Fsp3) is 0.300. The summed E-state index contributed by atoms with van der Waals surface area (Å²) >= 11 is 0. The molecule has 0 spiro atoms. The number of rotatable bonds is 8. The van der Waals surface area contributed by atoms with Crippen LogP contribution >= 0.6 is 0 Å². The van der Waals surface area contributed by atoms with Crippen LogP contribution in [-0.4, -0.2) is 37.5 Å². The van der Waals surface area contributed by atoms with Crippen molar-refractivity contribution in [1.82, 2.24) is 4.90 Å². The minimum absolute atomic E-state index is 0.0897. The second kappa shape index (κ2) is 9.46. The van der Waals surface area contributed by atoms with Crippen LogP contribution in [0.15, 0.2) is 48.5 Å². The summed E-state index contributed by atoms with van der Waals surface area (Å²) in [5.41, 5.74) is 1.59. The Kier molecular flexibility index (Phi) is 7.02. The minimum Gasteiger partial charge on any atom is -0.497 e. The van der Waals surface area contributed by atoms with Crippen molar-refractivity contribution in [1.29, 1.82) is 0 Å². The zero-order valence-corrected chi connectivity index (χ0v) is 15.3. The Morgan fingerprint density at radius 1 is 1.00 bits per heavy atom. The highest BCUT2D eigenvalue weighted by Crippen LogP contribution is 2.20. The number of nitrogens with zero attached hydrogens (tertiary/aromatic N) is 1. The SMILES string of the molecule is COc1ccc(NC(=O)CCN(Cc2ccccc2OC)C(C)=O)cc1. The van der Waals surface area contributed by atoms with E-state index in [0.717, 1.165) is 17.1 Å². The van der Waals surface area contributed by atoms with E-state index >= 15 is 0 Å². The van der Waals surface area contributed by atoms with Gasteiger partial charge < -0.3 is 19.7 Å². The predicted molar refractivity (Wildman–Crippen MR) is 100 cm³/mol. The summed E-state index contributed by atoms with van der Waals surface area (Å²) in [5.74, 6) is 1.21. The molecule has 2 aromatic rings. The van der Waals surface area contributed by atoms with E-state index in [1.165, 1.54) is 6.92 Å². The molecule has 0 bridgehead atoms. The Morgan fingerprint density at radius 3 is 2.31 bits per heavy atom. The zero-order valence-electron chi connectivity index (χ0n) is 15.3. The molecule has 0 radical (unpaired) electrons. The van der Waals surface area contributed by atoms with Gasteiger partial charge in [-0.15, -0.1) is 0 Å². The normalized spacial score (nSPS) is 10.1. The lowest BCUT2D eigenvalue weighted by molar-refractivity contribution is -0.129. The van der Waals surface area contributed by atoms with Gasteiger partial charge in [-0.2, -0.15) is 0 Å². The number of para-hydroxylation sites is 1. The highest BCUT2D eigenvalue weighted by Gasteiger charge is 2.14. The molecule has 0 fully saturated rings. The van der Waals surface area contributed by atoms with E-state index in [-0.39, 0.29) is 18.2 Å². The van der Waals surface area contributed by atoms with Crippen LogP contribution in [0.3, 0.4) is 0 Å². The first kappa shape index (κ1) is 19.3. The molecule has 0 saturated carbocycles. The number of nitrogens with one attached hydrogen (secondary N) is 1. The van der Waals surface area contributed by atoms with Crippen molar-refractivity contribution in [2.24, 2.45) is 0 Å². The molecular weight excluding hydrogens is 332 g/mol. The number of hydrogen-bond donors (Lipinski definition) is 1. The van der Waals surface area contributed by atoms with Crippen LogP contribution in [0.2, 0.25) is 0 Å². The summed E-state index contributed by atoms with van der Waals surface area (Å²) in [7, 11) is 3.19. The van der Waals surface area contributed by atoms with Crippen LogP contribution in [-0.2, 0) is 16.1 Å². The molecule has 2 amide bonds. The highest BCUT2D eigenvalue weighted by molar-refractivity contribution is 5.91. The van der Waals surface area contributed by atoms with Crippen molar-refractivity contribution in [2.75, 3.05) is 26.1 Å². The predicted octanol–water partition coefficient (Wildman–Crippen LogP) is 3.08. The molecule has 0 aliphatic carbocycles. The first-order chi connectivity index (χ1) is 12.5. The first-order valence-electron chi connectivity index (χ1n) is 8.34. The van der Waals surface area contributed by atoms with Gasteiger partial charge in [0.05, 0.1) is 14.2 Å². The third-order valence-corrected chi connectivity index (χ3v) is 3.98. The Morgan fingerprint density at radius 2 is 1.69 bits per heavy atom. The first-order valence-corrected chi connectivity index (χ1v) is 8.34. The molecule has 26 heavy (non-hydrogen) atoms. The quantitative estimate of drug-likeness (QED) is 0.789. The van der Waals surface area contributed by atoms with Crippen molar-refractivity contribution in [3.8, 4) is 11.5 Å². The maximum absolute atomic E-state index is 12.2. The Balaban J connectivity index is 1.92. The number of anilines is 1. The molecule has 138 valence electrons. The lowest BCUT2D eigenvalue weighted by Crippen LogP contribution is -2.31. The topological polar surface area (TPSA) is 67.9 Å². The summed E-state index contributed by atoms with van der Waals surface area (Å²) < 4.78 is 10.4. The third-order valence-electron chi connectivity index (χ3n) is 3.98.